The van der Waals surface area contributed by atoms with Crippen LogP contribution in [0.4, 0.5) is 13.2 Å². The predicted molar refractivity (Wildman–Crippen MR) is 146 cm³/mol. The second-order valence-electron chi connectivity index (χ2n) is 11.3. The fraction of sp³-hybridized carbons (Fsp3) is 0.484. The highest BCUT2D eigenvalue weighted by Gasteiger charge is 2.41. The Morgan fingerprint density at radius 1 is 1.02 bits per heavy atom. The Kier molecular flexibility index (Phi) is 8.93. The summed E-state index contributed by atoms with van der Waals surface area (Å²) in [5.74, 6) is -2.98. The number of benzene rings is 2. The first kappa shape index (κ1) is 30.4. The molecular weight excluding hydrogens is 569 g/mol. The fourth-order valence-corrected chi connectivity index (χ4v) is 5.40. The van der Waals surface area contributed by atoms with Gasteiger partial charge in [-0.1, -0.05) is 24.3 Å². The molecule has 0 aromatic heterocycles. The van der Waals surface area contributed by atoms with Gasteiger partial charge in [0.05, 0.1) is 30.5 Å². The molecule has 2 aliphatic heterocycles. The van der Waals surface area contributed by atoms with Crippen molar-refractivity contribution in [3.63, 3.8) is 0 Å². The Morgan fingerprint density at radius 2 is 1.72 bits per heavy atom. The summed E-state index contributed by atoms with van der Waals surface area (Å²) in [6.07, 6.45) is -3.02. The van der Waals surface area contributed by atoms with Crippen molar-refractivity contribution < 1.29 is 46.6 Å². The molecule has 1 aliphatic carbocycles. The van der Waals surface area contributed by atoms with E-state index < -0.39 is 48.2 Å². The lowest BCUT2D eigenvalue weighted by atomic mass is 10.00. The van der Waals surface area contributed by atoms with Gasteiger partial charge in [-0.3, -0.25) is 14.4 Å². The van der Waals surface area contributed by atoms with E-state index in [1.165, 1.54) is 31.2 Å². The summed E-state index contributed by atoms with van der Waals surface area (Å²) in [5.41, 5.74) is 1.97. The van der Waals surface area contributed by atoms with Gasteiger partial charge in [-0.05, 0) is 73.9 Å². The van der Waals surface area contributed by atoms with Crippen LogP contribution < -0.4 is 10.1 Å². The van der Waals surface area contributed by atoms with Crippen molar-refractivity contribution in [2.24, 2.45) is 5.92 Å². The number of nitrogens with one attached hydrogen (secondary N) is 1. The van der Waals surface area contributed by atoms with Gasteiger partial charge in [0.2, 0.25) is 5.91 Å². The molecule has 3 fully saturated rings. The van der Waals surface area contributed by atoms with Gasteiger partial charge in [-0.25, -0.2) is 4.79 Å². The average Bonchev–Trinajstić information content (AvgIpc) is 3.75. The SMILES string of the molecule is CC(NC(=O)C(F)(F)F)C(Oc1ccc(C(=O)O[C@H]2CCCN(C(=O)[C@H]3COC(=O)C3)C2)cc1)c1ccc(C2CC2)cc1. The third-order valence-corrected chi connectivity index (χ3v) is 7.91. The van der Waals surface area contributed by atoms with Crippen LogP contribution in [0.3, 0.4) is 0 Å². The van der Waals surface area contributed by atoms with Crippen LogP contribution in [0.15, 0.2) is 48.5 Å². The van der Waals surface area contributed by atoms with Crippen LogP contribution in [-0.2, 0) is 23.9 Å². The monoisotopic (exact) mass is 602 g/mol. The Balaban J connectivity index is 1.22. The number of carbonyl (C=O) groups excluding carboxylic acids is 4. The first-order chi connectivity index (χ1) is 20.5. The van der Waals surface area contributed by atoms with E-state index in [-0.39, 0.29) is 36.8 Å². The van der Waals surface area contributed by atoms with Crippen molar-refractivity contribution in [2.75, 3.05) is 19.7 Å². The van der Waals surface area contributed by atoms with Gasteiger partial charge in [0.15, 0.2) is 0 Å². The minimum absolute atomic E-state index is 0.0499. The quantitative estimate of drug-likeness (QED) is 0.422. The smallest absolute Gasteiger partial charge is 0.471 e. The van der Waals surface area contributed by atoms with E-state index in [0.717, 1.165) is 18.4 Å². The van der Waals surface area contributed by atoms with Crippen LogP contribution in [0.5, 0.6) is 5.75 Å². The van der Waals surface area contributed by atoms with E-state index in [1.807, 2.05) is 17.4 Å². The van der Waals surface area contributed by atoms with E-state index >= 15 is 0 Å². The number of likely N-dealkylation sites (tertiary alicyclic amines) is 1. The minimum Gasteiger partial charge on any atom is -0.484 e. The minimum atomic E-state index is -5.04. The maximum atomic E-state index is 13.0. The normalized spacial score (nSPS) is 21.9. The van der Waals surface area contributed by atoms with Crippen molar-refractivity contribution >= 4 is 23.8 Å². The zero-order valence-electron chi connectivity index (χ0n) is 23.6. The predicted octanol–water partition coefficient (Wildman–Crippen LogP) is 4.46. The molecule has 4 atom stereocenters. The van der Waals surface area contributed by atoms with E-state index in [4.69, 9.17) is 14.2 Å². The summed E-state index contributed by atoms with van der Waals surface area (Å²) in [4.78, 5) is 50.2. The Bertz CT molecular complexity index is 1340. The Labute approximate surface area is 246 Å². The summed E-state index contributed by atoms with van der Waals surface area (Å²) >= 11 is 0. The van der Waals surface area contributed by atoms with Gasteiger partial charge in [-0.2, -0.15) is 13.2 Å². The maximum absolute atomic E-state index is 13.0. The second-order valence-corrected chi connectivity index (χ2v) is 11.3. The number of hydrogen-bond acceptors (Lipinski definition) is 7. The number of halogens is 3. The lowest BCUT2D eigenvalue weighted by molar-refractivity contribution is -0.174. The maximum Gasteiger partial charge on any atom is 0.471 e. The van der Waals surface area contributed by atoms with Crippen molar-refractivity contribution in [1.29, 1.82) is 0 Å². The molecule has 2 unspecified atom stereocenters. The summed E-state index contributed by atoms with van der Waals surface area (Å²) in [7, 11) is 0. The zero-order valence-corrected chi connectivity index (χ0v) is 23.6. The molecule has 2 saturated heterocycles. The molecule has 9 nitrogen and oxygen atoms in total. The van der Waals surface area contributed by atoms with Gasteiger partial charge >= 0.3 is 24.0 Å². The van der Waals surface area contributed by atoms with E-state index in [2.05, 4.69) is 0 Å². The highest BCUT2D eigenvalue weighted by molar-refractivity contribution is 5.90. The van der Waals surface area contributed by atoms with Gasteiger partial charge in [0.25, 0.3) is 0 Å². The molecule has 3 aliphatic rings. The number of rotatable bonds is 9. The molecule has 0 spiro atoms. The highest BCUT2D eigenvalue weighted by atomic mass is 19.4. The highest BCUT2D eigenvalue weighted by Crippen LogP contribution is 2.40. The largest absolute Gasteiger partial charge is 0.484 e. The van der Waals surface area contributed by atoms with Crippen LogP contribution in [0.2, 0.25) is 0 Å². The van der Waals surface area contributed by atoms with Crippen molar-refractivity contribution in [2.45, 2.75) is 69.4 Å². The number of ether oxygens (including phenoxy) is 3. The molecule has 0 bridgehead atoms. The molecule has 1 N–H and O–H groups in total. The lowest BCUT2D eigenvalue weighted by Crippen LogP contribution is -2.46. The van der Waals surface area contributed by atoms with E-state index in [0.29, 0.717) is 30.9 Å². The lowest BCUT2D eigenvalue weighted by Gasteiger charge is -2.33. The number of nitrogens with zero attached hydrogens (tertiary/aromatic N) is 1. The van der Waals surface area contributed by atoms with Gasteiger partial charge in [0, 0.05) is 6.54 Å². The van der Waals surface area contributed by atoms with Gasteiger partial charge in [0.1, 0.15) is 24.6 Å². The van der Waals surface area contributed by atoms with Crippen LogP contribution >= 0.6 is 0 Å². The Hall–Kier alpha value is -4.09. The van der Waals surface area contributed by atoms with Crippen LogP contribution in [0.25, 0.3) is 0 Å². The summed E-state index contributed by atoms with van der Waals surface area (Å²) in [5, 5.41) is 1.98. The van der Waals surface area contributed by atoms with Crippen molar-refractivity contribution in [3.8, 4) is 5.75 Å². The number of carbonyl (C=O) groups is 4. The molecule has 2 heterocycles. The van der Waals surface area contributed by atoms with Crippen molar-refractivity contribution in [3.05, 3.63) is 65.2 Å². The number of esters is 2. The van der Waals surface area contributed by atoms with E-state index in [9.17, 15) is 32.3 Å². The number of alkyl halides is 3. The topological polar surface area (TPSA) is 111 Å². The standard InChI is InChI=1S/C31H33F3N2O7/c1-18(35-30(40)31(32,33)34)27(21-8-6-20(7-9-21)19-4-5-19)42-24-12-10-22(11-13-24)29(39)43-25-3-2-14-36(16-25)28(38)23-15-26(37)41-17-23/h6-13,18-19,23,25,27H,2-5,14-17H2,1H3,(H,35,40)/t18?,23-,25+,27?/m1/s1. The number of piperidine rings is 1. The fourth-order valence-electron chi connectivity index (χ4n) is 5.40. The number of hydrogen-bond donors (Lipinski definition) is 1. The molecular formula is C31H33F3N2O7. The van der Waals surface area contributed by atoms with E-state index in [1.54, 1.807) is 17.0 Å². The second kappa shape index (κ2) is 12.6. The first-order valence-electron chi connectivity index (χ1n) is 14.4. The third kappa shape index (κ3) is 7.66. The molecule has 2 amide bonds. The molecule has 1 saturated carbocycles. The number of cyclic esters (lactones) is 1. The average molecular weight is 603 g/mol. The van der Waals surface area contributed by atoms with Crippen LogP contribution in [-0.4, -0.2) is 66.7 Å². The summed E-state index contributed by atoms with van der Waals surface area (Å²) < 4.78 is 55.5. The Morgan fingerprint density at radius 3 is 2.33 bits per heavy atom. The van der Waals surface area contributed by atoms with Gasteiger partial charge < -0.3 is 24.4 Å². The van der Waals surface area contributed by atoms with Crippen LogP contribution in [0, 0.1) is 5.92 Å². The van der Waals surface area contributed by atoms with Crippen molar-refractivity contribution in [1.82, 2.24) is 10.2 Å². The zero-order chi connectivity index (χ0) is 30.7. The molecule has 43 heavy (non-hydrogen) atoms. The molecule has 12 heteroatoms. The number of amides is 2. The molecule has 0 radical (unpaired) electrons. The van der Waals surface area contributed by atoms with Gasteiger partial charge in [-0.15, -0.1) is 0 Å². The summed E-state index contributed by atoms with van der Waals surface area (Å²) in [6.45, 7) is 2.23. The van der Waals surface area contributed by atoms with Crippen LogP contribution in [0.1, 0.15) is 72.5 Å². The third-order valence-electron chi connectivity index (χ3n) is 7.91. The molecule has 230 valence electrons. The summed E-state index contributed by atoms with van der Waals surface area (Å²) in [6, 6.07) is 12.4. The molecule has 2 aromatic carbocycles. The molecule has 2 aromatic rings. The molecule has 5 rings (SSSR count). The first-order valence-corrected chi connectivity index (χ1v) is 14.4.